The number of fused-ring (bicyclic) bond motifs is 1. The predicted octanol–water partition coefficient (Wildman–Crippen LogP) is 1.19. The topological polar surface area (TPSA) is 168 Å². The third-order valence-electron chi connectivity index (χ3n) is 7.82. The molecule has 4 N–H and O–H groups in total. The number of ketones is 1. The zero-order chi connectivity index (χ0) is 31.8. The highest BCUT2D eigenvalue weighted by molar-refractivity contribution is 5.95. The van der Waals surface area contributed by atoms with Crippen LogP contribution in [-0.4, -0.2) is 89.7 Å². The van der Waals surface area contributed by atoms with Gasteiger partial charge < -0.3 is 30.9 Å². The van der Waals surface area contributed by atoms with Gasteiger partial charge in [-0.05, 0) is 49.8 Å². The Morgan fingerprint density at radius 1 is 1.02 bits per heavy atom. The highest BCUT2D eigenvalue weighted by atomic mass is 19.2. The summed E-state index contributed by atoms with van der Waals surface area (Å²) in [6.45, 7) is 3.74. The van der Waals surface area contributed by atoms with Crippen LogP contribution in [0.1, 0.15) is 57.9 Å². The second-order valence-corrected chi connectivity index (χ2v) is 11.2. The fraction of sp³-hybridized carbons (Fsp3) is 0.586. The van der Waals surface area contributed by atoms with E-state index in [0.29, 0.717) is 25.8 Å². The molecule has 2 aliphatic heterocycles. The SMILES string of the molecule is COC(=O)N1CCC(=O)N2[C@H](CC[C@H]2C(=O)N[C@@H](CCC(N)=O)C(=O)N[C@@H](Cc2ccc(F)c(F)c2)C(=O)C(C)C)CC1. The van der Waals surface area contributed by atoms with E-state index in [9.17, 15) is 37.5 Å². The molecule has 1 aromatic carbocycles. The van der Waals surface area contributed by atoms with Gasteiger partial charge in [-0.15, -0.1) is 0 Å². The molecule has 3 rings (SSSR count). The molecule has 0 saturated carbocycles. The van der Waals surface area contributed by atoms with Gasteiger partial charge in [-0.2, -0.15) is 0 Å². The molecule has 0 aliphatic carbocycles. The van der Waals surface area contributed by atoms with Crippen LogP contribution in [0.15, 0.2) is 18.2 Å². The monoisotopic (exact) mass is 607 g/mol. The lowest BCUT2D eigenvalue weighted by atomic mass is 9.95. The molecule has 0 aromatic heterocycles. The van der Waals surface area contributed by atoms with Gasteiger partial charge in [-0.25, -0.2) is 13.6 Å². The molecule has 0 radical (unpaired) electrons. The number of hydrogen-bond acceptors (Lipinski definition) is 7. The molecule has 43 heavy (non-hydrogen) atoms. The highest BCUT2D eigenvalue weighted by Gasteiger charge is 2.43. The van der Waals surface area contributed by atoms with E-state index in [1.54, 1.807) is 13.8 Å². The number of amides is 5. The van der Waals surface area contributed by atoms with Crippen molar-refractivity contribution in [2.45, 2.75) is 83.0 Å². The maximum atomic E-state index is 13.8. The number of ether oxygens (including phenoxy) is 1. The minimum absolute atomic E-state index is 0.00998. The normalized spacial score (nSPS) is 20.0. The van der Waals surface area contributed by atoms with Gasteiger partial charge in [-0.3, -0.25) is 24.0 Å². The summed E-state index contributed by atoms with van der Waals surface area (Å²) in [5.41, 5.74) is 5.57. The number of carbonyl (C=O) groups excluding carboxylic acids is 6. The van der Waals surface area contributed by atoms with Crippen molar-refractivity contribution in [3.8, 4) is 0 Å². The molecule has 2 aliphatic rings. The summed E-state index contributed by atoms with van der Waals surface area (Å²) in [4.78, 5) is 79.5. The summed E-state index contributed by atoms with van der Waals surface area (Å²) >= 11 is 0. The predicted molar refractivity (Wildman–Crippen MR) is 149 cm³/mol. The fourth-order valence-corrected chi connectivity index (χ4v) is 5.51. The van der Waals surface area contributed by atoms with Gasteiger partial charge in [0.05, 0.1) is 13.2 Å². The van der Waals surface area contributed by atoms with Crippen molar-refractivity contribution in [1.82, 2.24) is 20.4 Å². The van der Waals surface area contributed by atoms with E-state index in [1.807, 2.05) is 0 Å². The second kappa shape index (κ2) is 14.9. The van der Waals surface area contributed by atoms with Gasteiger partial charge in [0.25, 0.3) is 0 Å². The van der Waals surface area contributed by atoms with Crippen LogP contribution in [-0.2, 0) is 35.1 Å². The van der Waals surface area contributed by atoms with E-state index in [2.05, 4.69) is 10.6 Å². The van der Waals surface area contributed by atoms with Crippen molar-refractivity contribution in [1.29, 1.82) is 0 Å². The van der Waals surface area contributed by atoms with Crippen LogP contribution in [0, 0.1) is 17.6 Å². The van der Waals surface area contributed by atoms with Crippen LogP contribution in [0.4, 0.5) is 13.6 Å². The van der Waals surface area contributed by atoms with Gasteiger partial charge in [0.1, 0.15) is 12.1 Å². The Morgan fingerprint density at radius 2 is 1.74 bits per heavy atom. The molecule has 1 aromatic rings. The average molecular weight is 608 g/mol. The van der Waals surface area contributed by atoms with Gasteiger partial charge in [-0.1, -0.05) is 19.9 Å². The Balaban J connectivity index is 1.76. The minimum atomic E-state index is -1.27. The first-order valence-electron chi connectivity index (χ1n) is 14.3. The fourth-order valence-electron chi connectivity index (χ4n) is 5.51. The second-order valence-electron chi connectivity index (χ2n) is 11.2. The molecule has 14 heteroatoms. The van der Waals surface area contributed by atoms with Crippen molar-refractivity contribution in [2.24, 2.45) is 11.7 Å². The van der Waals surface area contributed by atoms with Crippen LogP contribution in [0.3, 0.4) is 0 Å². The molecule has 0 unspecified atom stereocenters. The lowest BCUT2D eigenvalue weighted by Crippen LogP contribution is -2.57. The summed E-state index contributed by atoms with van der Waals surface area (Å²) in [7, 11) is 1.26. The first-order chi connectivity index (χ1) is 20.3. The summed E-state index contributed by atoms with van der Waals surface area (Å²) in [5.74, 6) is -5.43. The Hall–Kier alpha value is -4.10. The number of hydrogen-bond donors (Lipinski definition) is 3. The molecule has 12 nitrogen and oxygen atoms in total. The molecule has 0 bridgehead atoms. The smallest absolute Gasteiger partial charge is 0.409 e. The Labute approximate surface area is 248 Å². The lowest BCUT2D eigenvalue weighted by Gasteiger charge is -2.35. The van der Waals surface area contributed by atoms with E-state index < -0.39 is 59.5 Å². The van der Waals surface area contributed by atoms with Crippen LogP contribution < -0.4 is 16.4 Å². The number of carbonyl (C=O) groups is 6. The Kier molecular flexibility index (Phi) is 11.6. The van der Waals surface area contributed by atoms with Crippen molar-refractivity contribution in [3.63, 3.8) is 0 Å². The third-order valence-corrected chi connectivity index (χ3v) is 7.82. The number of nitrogens with two attached hydrogens (primary N) is 1. The standard InChI is InChI=1S/C29H39F2N5O7/c1-16(2)26(39)22(15-17-4-6-19(30)20(31)14-17)34-27(40)21(7-9-24(32)37)33-28(41)23-8-5-18-10-12-35(29(42)43-3)13-11-25(38)36(18)23/h4,6,14,16,18,21-23H,5,7-13,15H2,1-3H3,(H2,32,37)(H,33,41)(H,34,40)/t18-,21+,22+,23+/m1/s1. The molecule has 2 fully saturated rings. The first kappa shape index (κ1) is 33.4. The number of halogens is 2. The van der Waals surface area contributed by atoms with E-state index in [-0.39, 0.29) is 55.5 Å². The van der Waals surface area contributed by atoms with Crippen molar-refractivity contribution in [3.05, 3.63) is 35.4 Å². The zero-order valence-electron chi connectivity index (χ0n) is 24.6. The van der Waals surface area contributed by atoms with Crippen molar-refractivity contribution < 1.29 is 42.3 Å². The highest BCUT2D eigenvalue weighted by Crippen LogP contribution is 2.29. The Morgan fingerprint density at radius 3 is 2.37 bits per heavy atom. The average Bonchev–Trinajstić information content (AvgIpc) is 3.38. The number of primary amides is 1. The molecule has 0 spiro atoms. The Bertz CT molecular complexity index is 1240. The summed E-state index contributed by atoms with van der Waals surface area (Å²) in [6.07, 6.45) is 0.193. The molecule has 2 saturated heterocycles. The third kappa shape index (κ3) is 8.71. The number of methoxy groups -OCH3 is 1. The quantitative estimate of drug-likeness (QED) is 0.340. The minimum Gasteiger partial charge on any atom is -0.453 e. The van der Waals surface area contributed by atoms with Gasteiger partial charge in [0, 0.05) is 37.9 Å². The lowest BCUT2D eigenvalue weighted by molar-refractivity contribution is -0.142. The van der Waals surface area contributed by atoms with Gasteiger partial charge >= 0.3 is 6.09 Å². The van der Waals surface area contributed by atoms with Crippen molar-refractivity contribution >= 4 is 35.5 Å². The summed E-state index contributed by atoms with van der Waals surface area (Å²) in [5, 5.41) is 5.24. The van der Waals surface area contributed by atoms with E-state index >= 15 is 0 Å². The maximum absolute atomic E-state index is 13.8. The molecular weight excluding hydrogens is 568 g/mol. The van der Waals surface area contributed by atoms with E-state index in [4.69, 9.17) is 10.5 Å². The molecular formula is C29H39F2N5O7. The number of nitrogens with zero attached hydrogens (tertiary/aromatic N) is 2. The number of benzene rings is 1. The van der Waals surface area contributed by atoms with Crippen LogP contribution >= 0.6 is 0 Å². The number of rotatable bonds is 11. The van der Waals surface area contributed by atoms with Gasteiger partial charge in [0.15, 0.2) is 17.4 Å². The van der Waals surface area contributed by atoms with Crippen LogP contribution in [0.25, 0.3) is 0 Å². The van der Waals surface area contributed by atoms with E-state index in [0.717, 1.165) is 12.1 Å². The first-order valence-corrected chi connectivity index (χ1v) is 14.3. The summed E-state index contributed by atoms with van der Waals surface area (Å²) < 4.78 is 32.0. The van der Waals surface area contributed by atoms with Crippen LogP contribution in [0.2, 0.25) is 0 Å². The van der Waals surface area contributed by atoms with Crippen molar-refractivity contribution in [2.75, 3.05) is 20.2 Å². The molecule has 2 heterocycles. The zero-order valence-corrected chi connectivity index (χ0v) is 24.6. The molecule has 236 valence electrons. The molecule has 5 amide bonds. The number of nitrogens with one attached hydrogen (secondary N) is 2. The van der Waals surface area contributed by atoms with Gasteiger partial charge in [0.2, 0.25) is 23.6 Å². The molecule has 4 atom stereocenters. The summed E-state index contributed by atoms with van der Waals surface area (Å²) in [6, 6.07) is -0.401. The number of Topliss-reactive ketones (excluding diaryl/α,β-unsaturated/α-hetero) is 1. The largest absolute Gasteiger partial charge is 0.453 e. The maximum Gasteiger partial charge on any atom is 0.409 e. The van der Waals surface area contributed by atoms with E-state index in [1.165, 1.54) is 23.0 Å². The van der Waals surface area contributed by atoms with Crippen LogP contribution in [0.5, 0.6) is 0 Å².